The van der Waals surface area contributed by atoms with Gasteiger partial charge in [-0.25, -0.2) is 0 Å². The second-order valence-corrected chi connectivity index (χ2v) is 6.09. The standard InChI is InChI=1S/C18H21N3O4/c1-13-10-16(20-25-13)19-17(22)11-21-9-5-8-15(21)18(23)24-12-14-6-3-2-4-7-14/h2-4,6-7,10,15H,5,8-9,11-12H2,1H3,(H,19,20,22)/t15-/m1/s1. The maximum absolute atomic E-state index is 12.3. The number of hydrogen-bond acceptors (Lipinski definition) is 6. The van der Waals surface area contributed by atoms with Crippen molar-refractivity contribution in [1.82, 2.24) is 10.1 Å². The second kappa shape index (κ2) is 7.94. The molecule has 3 rings (SSSR count). The smallest absolute Gasteiger partial charge is 0.323 e. The third kappa shape index (κ3) is 4.67. The number of esters is 1. The average molecular weight is 343 g/mol. The Morgan fingerprint density at radius 1 is 1.36 bits per heavy atom. The summed E-state index contributed by atoms with van der Waals surface area (Å²) in [5.41, 5.74) is 0.944. The third-order valence-electron chi connectivity index (χ3n) is 4.10. The minimum atomic E-state index is -0.381. The van der Waals surface area contributed by atoms with Crippen molar-refractivity contribution in [2.24, 2.45) is 0 Å². The molecule has 1 N–H and O–H groups in total. The number of aryl methyl sites for hydroxylation is 1. The summed E-state index contributed by atoms with van der Waals surface area (Å²) in [5, 5.41) is 6.40. The van der Waals surface area contributed by atoms with Crippen molar-refractivity contribution in [2.45, 2.75) is 32.4 Å². The predicted octanol–water partition coefficient (Wildman–Crippen LogP) is 2.13. The van der Waals surface area contributed by atoms with Gasteiger partial charge in [-0.05, 0) is 31.9 Å². The van der Waals surface area contributed by atoms with E-state index in [-0.39, 0.29) is 31.1 Å². The van der Waals surface area contributed by atoms with E-state index in [0.29, 0.717) is 24.5 Å². The van der Waals surface area contributed by atoms with E-state index >= 15 is 0 Å². The van der Waals surface area contributed by atoms with Crippen molar-refractivity contribution in [2.75, 3.05) is 18.4 Å². The topological polar surface area (TPSA) is 84.7 Å². The summed E-state index contributed by atoms with van der Waals surface area (Å²) in [5.74, 6) is 0.492. The highest BCUT2D eigenvalue weighted by atomic mass is 16.5. The van der Waals surface area contributed by atoms with Gasteiger partial charge >= 0.3 is 5.97 Å². The maximum Gasteiger partial charge on any atom is 0.323 e. The quantitative estimate of drug-likeness (QED) is 0.809. The summed E-state index contributed by atoms with van der Waals surface area (Å²) >= 11 is 0. The molecule has 0 aliphatic carbocycles. The fourth-order valence-electron chi connectivity index (χ4n) is 2.90. The number of amides is 1. The summed E-state index contributed by atoms with van der Waals surface area (Å²) in [4.78, 5) is 26.3. The molecule has 1 atom stereocenters. The molecule has 1 aliphatic rings. The molecule has 0 bridgehead atoms. The van der Waals surface area contributed by atoms with Gasteiger partial charge in [0.2, 0.25) is 5.91 Å². The van der Waals surface area contributed by atoms with Crippen molar-refractivity contribution < 1.29 is 18.8 Å². The Bertz CT molecular complexity index is 729. The molecule has 0 spiro atoms. The van der Waals surface area contributed by atoms with E-state index < -0.39 is 0 Å². The lowest BCUT2D eigenvalue weighted by Gasteiger charge is -2.22. The number of rotatable bonds is 6. The largest absolute Gasteiger partial charge is 0.460 e. The van der Waals surface area contributed by atoms with Crippen LogP contribution in [0.25, 0.3) is 0 Å². The van der Waals surface area contributed by atoms with Crippen LogP contribution >= 0.6 is 0 Å². The minimum absolute atomic E-state index is 0.122. The SMILES string of the molecule is Cc1cc(NC(=O)CN2CCC[C@@H]2C(=O)OCc2ccccc2)no1. The number of nitrogens with zero attached hydrogens (tertiary/aromatic N) is 2. The zero-order valence-electron chi connectivity index (χ0n) is 14.1. The van der Waals surface area contributed by atoms with Gasteiger partial charge in [-0.3, -0.25) is 14.5 Å². The Morgan fingerprint density at radius 2 is 2.16 bits per heavy atom. The van der Waals surface area contributed by atoms with Crippen molar-refractivity contribution in [3.8, 4) is 0 Å². The Balaban J connectivity index is 1.51. The lowest BCUT2D eigenvalue weighted by Crippen LogP contribution is -2.41. The molecule has 1 aromatic heterocycles. The Kier molecular flexibility index (Phi) is 5.45. The van der Waals surface area contributed by atoms with E-state index in [1.807, 2.05) is 35.2 Å². The van der Waals surface area contributed by atoms with Crippen LogP contribution in [0.2, 0.25) is 0 Å². The normalized spacial score (nSPS) is 17.4. The molecule has 7 nitrogen and oxygen atoms in total. The van der Waals surface area contributed by atoms with Gasteiger partial charge in [0.15, 0.2) is 5.82 Å². The molecular weight excluding hydrogens is 322 g/mol. The van der Waals surface area contributed by atoms with Crippen LogP contribution in [0.4, 0.5) is 5.82 Å². The first-order valence-electron chi connectivity index (χ1n) is 8.29. The van der Waals surface area contributed by atoms with Crippen LogP contribution in [0.15, 0.2) is 40.9 Å². The van der Waals surface area contributed by atoms with Gasteiger partial charge < -0.3 is 14.6 Å². The third-order valence-corrected chi connectivity index (χ3v) is 4.10. The molecule has 0 radical (unpaired) electrons. The van der Waals surface area contributed by atoms with E-state index in [1.165, 1.54) is 0 Å². The molecular formula is C18H21N3O4. The number of ether oxygens (including phenoxy) is 1. The molecule has 0 saturated carbocycles. The van der Waals surface area contributed by atoms with Crippen LogP contribution in [0.3, 0.4) is 0 Å². The second-order valence-electron chi connectivity index (χ2n) is 6.09. The average Bonchev–Trinajstić information content (AvgIpc) is 3.22. The summed E-state index contributed by atoms with van der Waals surface area (Å²) in [7, 11) is 0. The zero-order chi connectivity index (χ0) is 17.6. The number of carbonyl (C=O) groups excluding carboxylic acids is 2. The molecule has 132 valence electrons. The zero-order valence-corrected chi connectivity index (χ0v) is 14.1. The highest BCUT2D eigenvalue weighted by Crippen LogP contribution is 2.19. The van der Waals surface area contributed by atoms with Crippen molar-refractivity contribution in [1.29, 1.82) is 0 Å². The highest BCUT2D eigenvalue weighted by Gasteiger charge is 2.33. The number of benzene rings is 1. The van der Waals surface area contributed by atoms with Crippen LogP contribution < -0.4 is 5.32 Å². The molecule has 7 heteroatoms. The van der Waals surface area contributed by atoms with Crippen LogP contribution in [0.5, 0.6) is 0 Å². The number of nitrogens with one attached hydrogen (secondary N) is 1. The minimum Gasteiger partial charge on any atom is -0.460 e. The first-order valence-corrected chi connectivity index (χ1v) is 8.29. The van der Waals surface area contributed by atoms with Crippen LogP contribution in [0, 0.1) is 6.92 Å². The van der Waals surface area contributed by atoms with Crippen LogP contribution in [0.1, 0.15) is 24.2 Å². The summed E-state index contributed by atoms with van der Waals surface area (Å²) < 4.78 is 10.3. The fourth-order valence-corrected chi connectivity index (χ4v) is 2.90. The lowest BCUT2D eigenvalue weighted by molar-refractivity contribution is -0.150. The van der Waals surface area contributed by atoms with Gasteiger partial charge in [-0.2, -0.15) is 0 Å². The molecule has 2 aromatic rings. The molecule has 0 unspecified atom stereocenters. The lowest BCUT2D eigenvalue weighted by atomic mass is 10.2. The molecule has 1 aromatic carbocycles. The summed E-state index contributed by atoms with van der Waals surface area (Å²) in [6.45, 7) is 2.81. The molecule has 1 aliphatic heterocycles. The summed E-state index contributed by atoms with van der Waals surface area (Å²) in [6.07, 6.45) is 1.56. The molecule has 1 amide bonds. The number of anilines is 1. The van der Waals surface area contributed by atoms with Gasteiger partial charge in [0, 0.05) is 6.07 Å². The van der Waals surface area contributed by atoms with Crippen LogP contribution in [-0.2, 0) is 20.9 Å². The highest BCUT2D eigenvalue weighted by molar-refractivity contribution is 5.91. The number of likely N-dealkylation sites (tertiary alicyclic amines) is 1. The monoisotopic (exact) mass is 343 g/mol. The van der Waals surface area contributed by atoms with Crippen LogP contribution in [-0.4, -0.2) is 41.1 Å². The van der Waals surface area contributed by atoms with Gasteiger partial charge in [0.25, 0.3) is 0 Å². The molecule has 2 heterocycles. The molecule has 25 heavy (non-hydrogen) atoms. The first-order chi connectivity index (χ1) is 12.1. The van der Waals surface area contributed by atoms with Crippen molar-refractivity contribution >= 4 is 17.7 Å². The summed E-state index contributed by atoms with van der Waals surface area (Å²) in [6, 6.07) is 10.8. The number of carbonyl (C=O) groups is 2. The van der Waals surface area contributed by atoms with Gasteiger partial charge in [-0.15, -0.1) is 0 Å². The number of aromatic nitrogens is 1. The predicted molar refractivity (Wildman–Crippen MR) is 90.7 cm³/mol. The Labute approximate surface area is 145 Å². The van der Waals surface area contributed by atoms with Gasteiger partial charge in [0.1, 0.15) is 18.4 Å². The number of hydrogen-bond donors (Lipinski definition) is 1. The Hall–Kier alpha value is -2.67. The fraction of sp³-hybridized carbons (Fsp3) is 0.389. The van der Waals surface area contributed by atoms with E-state index in [9.17, 15) is 9.59 Å². The van der Waals surface area contributed by atoms with Crippen molar-refractivity contribution in [3.05, 3.63) is 47.7 Å². The van der Waals surface area contributed by atoms with E-state index in [4.69, 9.17) is 9.26 Å². The molecule has 1 saturated heterocycles. The van der Waals surface area contributed by atoms with Gasteiger partial charge in [-0.1, -0.05) is 35.5 Å². The van der Waals surface area contributed by atoms with E-state index in [0.717, 1.165) is 12.0 Å². The van der Waals surface area contributed by atoms with E-state index in [2.05, 4.69) is 10.5 Å². The van der Waals surface area contributed by atoms with Gasteiger partial charge in [0.05, 0.1) is 6.54 Å². The maximum atomic E-state index is 12.3. The Morgan fingerprint density at radius 3 is 2.88 bits per heavy atom. The van der Waals surface area contributed by atoms with Crippen molar-refractivity contribution in [3.63, 3.8) is 0 Å². The molecule has 1 fully saturated rings. The first kappa shape index (κ1) is 17.2. The van der Waals surface area contributed by atoms with E-state index in [1.54, 1.807) is 13.0 Å².